The van der Waals surface area contributed by atoms with Crippen molar-refractivity contribution in [2.45, 2.75) is 19.0 Å². The largest absolute Gasteiger partial charge is 0.463 e. The summed E-state index contributed by atoms with van der Waals surface area (Å²) in [5, 5.41) is 6.78. The first-order chi connectivity index (χ1) is 8.27. The van der Waals surface area contributed by atoms with Crippen molar-refractivity contribution in [3.05, 3.63) is 35.9 Å². The average molecular weight is 233 g/mol. The van der Waals surface area contributed by atoms with E-state index in [4.69, 9.17) is 4.74 Å². The molecule has 1 atom stereocenters. The van der Waals surface area contributed by atoms with Crippen LogP contribution in [0.15, 0.2) is 35.4 Å². The van der Waals surface area contributed by atoms with Crippen LogP contribution in [0.25, 0.3) is 0 Å². The Hall–Kier alpha value is -2.04. The highest BCUT2D eigenvalue weighted by Crippen LogP contribution is 2.15. The summed E-state index contributed by atoms with van der Waals surface area (Å²) >= 11 is 0. The van der Waals surface area contributed by atoms with Crippen LogP contribution in [0.4, 0.5) is 0 Å². The molecule has 0 bridgehead atoms. The Morgan fingerprint density at radius 1 is 1.41 bits per heavy atom. The van der Waals surface area contributed by atoms with Crippen LogP contribution < -0.4 is 10.7 Å². The molecule has 17 heavy (non-hydrogen) atoms. The molecule has 0 fully saturated rings. The van der Waals surface area contributed by atoms with Crippen molar-refractivity contribution in [1.29, 1.82) is 0 Å². The van der Waals surface area contributed by atoms with Gasteiger partial charge in [-0.05, 0) is 12.5 Å². The van der Waals surface area contributed by atoms with Crippen LogP contribution >= 0.6 is 0 Å². The normalized spacial score (nSPS) is 21.7. The highest BCUT2D eigenvalue weighted by molar-refractivity contribution is 5.85. The maximum absolute atomic E-state index is 11.9. The zero-order chi connectivity index (χ0) is 12.1. The first kappa shape index (κ1) is 11.4. The third kappa shape index (κ3) is 2.38. The van der Waals surface area contributed by atoms with Gasteiger partial charge in [-0.15, -0.1) is 0 Å². The van der Waals surface area contributed by atoms with Gasteiger partial charge in [0.1, 0.15) is 6.34 Å². The molecule has 1 heterocycles. The number of esters is 1. The maximum Gasteiger partial charge on any atom is 0.354 e. The second-order valence-corrected chi connectivity index (χ2v) is 3.80. The summed E-state index contributed by atoms with van der Waals surface area (Å²) in [5.74, 6) is -0.346. The molecule has 2 N–H and O–H groups in total. The molecule has 1 unspecified atom stereocenters. The minimum atomic E-state index is -0.975. The lowest BCUT2D eigenvalue weighted by Gasteiger charge is -2.26. The molecular weight excluding hydrogens is 218 g/mol. The first-order valence-corrected chi connectivity index (χ1v) is 5.54. The fourth-order valence-electron chi connectivity index (χ4n) is 1.74. The van der Waals surface area contributed by atoms with Crippen LogP contribution in [0, 0.1) is 0 Å². The monoisotopic (exact) mass is 233 g/mol. The van der Waals surface area contributed by atoms with Gasteiger partial charge in [-0.3, -0.25) is 5.43 Å². The van der Waals surface area contributed by atoms with E-state index in [1.165, 1.54) is 6.34 Å². The summed E-state index contributed by atoms with van der Waals surface area (Å²) in [5.41, 5.74) is 2.85. The zero-order valence-electron chi connectivity index (χ0n) is 9.64. The standard InChI is InChI=1S/C12H15N3O2/c1-2-17-11(16)12(13-9-14-15-12)8-10-6-4-3-5-7-10/h3-7,9,15H,2,8H2,1H3,(H,13,14). The van der Waals surface area contributed by atoms with Crippen LogP contribution in [-0.2, 0) is 16.0 Å². The SMILES string of the molecule is CCOC(=O)C1(Cc2ccccc2)NC=NN1. The van der Waals surface area contributed by atoms with Gasteiger partial charge < -0.3 is 10.1 Å². The smallest absolute Gasteiger partial charge is 0.354 e. The number of ether oxygens (including phenoxy) is 1. The predicted molar refractivity (Wildman–Crippen MR) is 64.3 cm³/mol. The molecule has 0 aliphatic carbocycles. The van der Waals surface area contributed by atoms with Crippen LogP contribution in [0.3, 0.4) is 0 Å². The molecule has 1 aliphatic rings. The Labute approximate surface area is 99.9 Å². The topological polar surface area (TPSA) is 62.7 Å². The van der Waals surface area contributed by atoms with Crippen LogP contribution in [-0.4, -0.2) is 24.6 Å². The van der Waals surface area contributed by atoms with Crippen molar-refractivity contribution in [2.24, 2.45) is 5.10 Å². The van der Waals surface area contributed by atoms with E-state index in [0.717, 1.165) is 5.56 Å². The van der Waals surface area contributed by atoms with E-state index >= 15 is 0 Å². The molecule has 1 aromatic carbocycles. The number of carbonyl (C=O) groups excluding carboxylic acids is 1. The van der Waals surface area contributed by atoms with Gasteiger partial charge in [0.25, 0.3) is 0 Å². The number of hydrogen-bond donors (Lipinski definition) is 2. The minimum Gasteiger partial charge on any atom is -0.463 e. The molecule has 0 saturated carbocycles. The van der Waals surface area contributed by atoms with Crippen molar-refractivity contribution in [3.63, 3.8) is 0 Å². The Morgan fingerprint density at radius 3 is 2.76 bits per heavy atom. The van der Waals surface area contributed by atoms with E-state index in [-0.39, 0.29) is 5.97 Å². The lowest BCUT2D eigenvalue weighted by atomic mass is 10.0. The lowest BCUT2D eigenvalue weighted by Crippen LogP contribution is -2.59. The number of benzene rings is 1. The quantitative estimate of drug-likeness (QED) is 0.749. The van der Waals surface area contributed by atoms with Gasteiger partial charge in [0.05, 0.1) is 6.61 Å². The highest BCUT2D eigenvalue weighted by Gasteiger charge is 2.41. The predicted octanol–water partition coefficient (Wildman–Crippen LogP) is 0.625. The van der Waals surface area contributed by atoms with Crippen molar-refractivity contribution < 1.29 is 9.53 Å². The number of rotatable bonds is 4. The second-order valence-electron chi connectivity index (χ2n) is 3.80. The molecule has 2 rings (SSSR count). The molecule has 0 radical (unpaired) electrons. The van der Waals surface area contributed by atoms with Crippen molar-refractivity contribution in [1.82, 2.24) is 10.7 Å². The fraction of sp³-hybridized carbons (Fsp3) is 0.333. The van der Waals surface area contributed by atoms with E-state index in [2.05, 4.69) is 15.8 Å². The molecule has 0 aromatic heterocycles. The van der Waals surface area contributed by atoms with Crippen LogP contribution in [0.1, 0.15) is 12.5 Å². The van der Waals surface area contributed by atoms with Gasteiger partial charge in [0.15, 0.2) is 0 Å². The van der Waals surface area contributed by atoms with Gasteiger partial charge in [0.2, 0.25) is 5.66 Å². The van der Waals surface area contributed by atoms with E-state index in [1.54, 1.807) is 6.92 Å². The van der Waals surface area contributed by atoms with Gasteiger partial charge in [-0.2, -0.15) is 5.10 Å². The van der Waals surface area contributed by atoms with Crippen molar-refractivity contribution >= 4 is 12.3 Å². The van der Waals surface area contributed by atoms with Crippen molar-refractivity contribution in [2.75, 3.05) is 6.61 Å². The molecule has 1 aliphatic heterocycles. The fourth-order valence-corrected chi connectivity index (χ4v) is 1.74. The van der Waals surface area contributed by atoms with Gasteiger partial charge >= 0.3 is 5.97 Å². The second kappa shape index (κ2) is 4.86. The van der Waals surface area contributed by atoms with Crippen LogP contribution in [0.5, 0.6) is 0 Å². The molecule has 5 nitrogen and oxygen atoms in total. The number of carbonyl (C=O) groups is 1. The Balaban J connectivity index is 2.15. The number of hydrazone groups is 1. The summed E-state index contributed by atoms with van der Waals surface area (Å²) in [6.45, 7) is 2.13. The molecule has 0 saturated heterocycles. The first-order valence-electron chi connectivity index (χ1n) is 5.54. The Bertz CT molecular complexity index is 409. The molecule has 0 spiro atoms. The van der Waals surface area contributed by atoms with Crippen molar-refractivity contribution in [3.8, 4) is 0 Å². The molecule has 5 heteroatoms. The van der Waals surface area contributed by atoms with Gasteiger partial charge in [-0.25, -0.2) is 4.79 Å². The molecule has 0 amide bonds. The maximum atomic E-state index is 11.9. The third-order valence-electron chi connectivity index (χ3n) is 2.57. The third-order valence-corrected chi connectivity index (χ3v) is 2.57. The summed E-state index contributed by atoms with van der Waals surface area (Å²) < 4.78 is 5.06. The van der Waals surface area contributed by atoms with E-state index in [9.17, 15) is 4.79 Å². The Kier molecular flexibility index (Phi) is 3.27. The summed E-state index contributed by atoms with van der Waals surface area (Å²) in [6.07, 6.45) is 1.95. The molecule has 1 aromatic rings. The Morgan fingerprint density at radius 2 is 2.18 bits per heavy atom. The lowest BCUT2D eigenvalue weighted by molar-refractivity contribution is -0.151. The summed E-state index contributed by atoms with van der Waals surface area (Å²) in [4.78, 5) is 11.9. The number of nitrogens with one attached hydrogen (secondary N) is 2. The van der Waals surface area contributed by atoms with E-state index < -0.39 is 5.66 Å². The van der Waals surface area contributed by atoms with E-state index in [0.29, 0.717) is 13.0 Å². The molecular formula is C12H15N3O2. The average Bonchev–Trinajstić information content (AvgIpc) is 2.80. The zero-order valence-corrected chi connectivity index (χ0v) is 9.64. The summed E-state index contributed by atoms with van der Waals surface area (Å²) in [7, 11) is 0. The van der Waals surface area contributed by atoms with Crippen LogP contribution in [0.2, 0.25) is 0 Å². The number of nitrogens with zero attached hydrogens (tertiary/aromatic N) is 1. The van der Waals surface area contributed by atoms with Gasteiger partial charge in [-0.1, -0.05) is 30.3 Å². The number of hydrogen-bond acceptors (Lipinski definition) is 5. The molecule has 90 valence electrons. The highest BCUT2D eigenvalue weighted by atomic mass is 16.5. The summed E-state index contributed by atoms with van der Waals surface area (Å²) in [6, 6.07) is 9.73. The van der Waals surface area contributed by atoms with E-state index in [1.807, 2.05) is 30.3 Å². The minimum absolute atomic E-state index is 0.346. The van der Waals surface area contributed by atoms with Gasteiger partial charge in [0, 0.05) is 6.42 Å².